The summed E-state index contributed by atoms with van der Waals surface area (Å²) in [6, 6.07) is 9.03. The average molecular weight is 601 g/mol. The van der Waals surface area contributed by atoms with Crippen LogP contribution < -0.4 is 19.6 Å². The first-order valence-electron chi connectivity index (χ1n) is 11.7. The van der Waals surface area contributed by atoms with Crippen molar-refractivity contribution in [1.29, 1.82) is 0 Å². The van der Waals surface area contributed by atoms with Gasteiger partial charge in [-0.15, -0.1) is 0 Å². The lowest BCUT2D eigenvalue weighted by Crippen LogP contribution is -2.43. The molecule has 1 N–H and O–H groups in total. The fraction of sp³-hybridized carbons (Fsp3) is 0.269. The molecule has 12 heteroatoms. The van der Waals surface area contributed by atoms with Crippen LogP contribution in [0.3, 0.4) is 0 Å². The lowest BCUT2D eigenvalue weighted by molar-refractivity contribution is -0.385. The molecule has 3 aromatic rings. The molecule has 2 heterocycles. The Morgan fingerprint density at radius 2 is 2.00 bits per heavy atom. The van der Waals surface area contributed by atoms with Crippen LogP contribution in [0, 0.1) is 10.1 Å². The van der Waals surface area contributed by atoms with Crippen molar-refractivity contribution < 1.29 is 19.6 Å². The molecule has 1 aliphatic rings. The number of hydrogen-bond donors (Lipinski definition) is 1. The molecule has 1 amide bonds. The van der Waals surface area contributed by atoms with E-state index in [4.69, 9.17) is 4.74 Å². The quantitative estimate of drug-likeness (QED) is 0.327. The van der Waals surface area contributed by atoms with Crippen LogP contribution in [-0.4, -0.2) is 45.6 Å². The summed E-state index contributed by atoms with van der Waals surface area (Å²) in [5.41, 5.74) is 0.607. The number of nitro benzene ring substituents is 1. The molecular weight excluding hydrogens is 576 g/mol. The average Bonchev–Trinajstić information content (AvgIpc) is 3.19. The van der Waals surface area contributed by atoms with Crippen LogP contribution in [0.25, 0.3) is 6.08 Å². The van der Waals surface area contributed by atoms with Gasteiger partial charge in [0.25, 0.3) is 11.5 Å². The third-order valence-corrected chi connectivity index (χ3v) is 7.74. The van der Waals surface area contributed by atoms with Gasteiger partial charge in [-0.25, -0.2) is 4.99 Å². The highest BCUT2D eigenvalue weighted by Crippen LogP contribution is 2.36. The van der Waals surface area contributed by atoms with Crippen molar-refractivity contribution in [3.05, 3.63) is 93.1 Å². The summed E-state index contributed by atoms with van der Waals surface area (Å²) in [5.74, 6) is -0.285. The molecule has 198 valence electrons. The van der Waals surface area contributed by atoms with Gasteiger partial charge in [0.05, 0.1) is 27.8 Å². The van der Waals surface area contributed by atoms with Crippen LogP contribution in [0.5, 0.6) is 11.5 Å². The third-order valence-electron chi connectivity index (χ3n) is 6.30. The molecule has 0 unspecified atom stereocenters. The van der Waals surface area contributed by atoms with Gasteiger partial charge in [0.2, 0.25) is 5.75 Å². The predicted octanol–water partition coefficient (Wildman–Crippen LogP) is 3.49. The molecule has 0 aliphatic carbocycles. The largest absolute Gasteiger partial charge is 0.502 e. The maximum atomic E-state index is 13.9. The second-order valence-electron chi connectivity index (χ2n) is 8.42. The minimum Gasteiger partial charge on any atom is -0.502 e. The molecule has 1 aromatic heterocycles. The van der Waals surface area contributed by atoms with Gasteiger partial charge in [-0.2, -0.15) is 0 Å². The van der Waals surface area contributed by atoms with E-state index in [0.29, 0.717) is 44.9 Å². The fourth-order valence-corrected chi connectivity index (χ4v) is 5.96. The molecule has 1 aliphatic heterocycles. The van der Waals surface area contributed by atoms with Gasteiger partial charge < -0.3 is 14.7 Å². The topological polar surface area (TPSA) is 127 Å². The molecule has 10 nitrogen and oxygen atoms in total. The van der Waals surface area contributed by atoms with Gasteiger partial charge in [-0.3, -0.25) is 24.3 Å². The lowest BCUT2D eigenvalue weighted by atomic mass is 9.94. The van der Waals surface area contributed by atoms with Crippen LogP contribution in [0.15, 0.2) is 61.9 Å². The Kier molecular flexibility index (Phi) is 7.83. The number of nitro groups is 1. The standard InChI is InChI=1S/C26H25BrN4O6S/c1-5-29(6-2)25(34)21-14(3)28-26-30(22(21)17-9-7-8-10-19(17)37-4)24(33)20(38-26)12-15-11-16(27)13-18(23(15)32)31(35)36/h7-13,22,32H,5-6H2,1-4H3/b20-12+/t22-/m1/s1. The van der Waals surface area contributed by atoms with Gasteiger partial charge in [0.15, 0.2) is 4.80 Å². The number of phenols is 1. The summed E-state index contributed by atoms with van der Waals surface area (Å²) in [7, 11) is 1.52. The highest BCUT2D eigenvalue weighted by atomic mass is 79.9. The summed E-state index contributed by atoms with van der Waals surface area (Å²) in [5, 5.41) is 21.9. The molecule has 1 atom stereocenters. The number of fused-ring (bicyclic) bond motifs is 1. The number of allylic oxidation sites excluding steroid dienone is 1. The van der Waals surface area contributed by atoms with Crippen LogP contribution in [-0.2, 0) is 4.79 Å². The molecule has 38 heavy (non-hydrogen) atoms. The number of ether oxygens (including phenoxy) is 1. The van der Waals surface area contributed by atoms with Crippen LogP contribution in [0.1, 0.15) is 37.9 Å². The molecule has 0 bridgehead atoms. The Balaban J connectivity index is 2.02. The summed E-state index contributed by atoms with van der Waals surface area (Å²) < 4.78 is 7.60. The number of halogens is 1. The Morgan fingerprint density at radius 3 is 2.63 bits per heavy atom. The SMILES string of the molecule is CCN(CC)C(=O)C1=C(C)N=c2s/c(=C/c3cc(Br)cc([N+](=O)[O-])c3O)c(=O)n2[C@@H]1c1ccccc1OC. The highest BCUT2D eigenvalue weighted by molar-refractivity contribution is 9.10. The van der Waals surface area contributed by atoms with Crippen LogP contribution >= 0.6 is 27.3 Å². The summed E-state index contributed by atoms with van der Waals surface area (Å²) >= 11 is 4.29. The van der Waals surface area contributed by atoms with Crippen molar-refractivity contribution in [1.82, 2.24) is 9.47 Å². The summed E-state index contributed by atoms with van der Waals surface area (Å²) in [6.07, 6.45) is 1.39. The first kappa shape index (κ1) is 27.3. The Hall–Kier alpha value is -3.77. The fourth-order valence-electron chi connectivity index (χ4n) is 4.46. The first-order chi connectivity index (χ1) is 18.1. The molecule has 4 rings (SSSR count). The number of amides is 1. The van der Waals surface area contributed by atoms with Crippen molar-refractivity contribution in [3.8, 4) is 11.5 Å². The number of carbonyl (C=O) groups is 1. The monoisotopic (exact) mass is 600 g/mol. The van der Waals surface area contributed by atoms with Gasteiger partial charge in [-0.05, 0) is 39.0 Å². The minimum absolute atomic E-state index is 0.0975. The summed E-state index contributed by atoms with van der Waals surface area (Å²) in [4.78, 5) is 44.9. The van der Waals surface area contributed by atoms with E-state index in [0.717, 1.165) is 11.3 Å². The third kappa shape index (κ3) is 4.76. The Labute approximate surface area is 230 Å². The molecule has 0 saturated heterocycles. The Morgan fingerprint density at radius 1 is 1.32 bits per heavy atom. The number of likely N-dealkylation sites (N-methyl/N-ethyl adjacent to an activating group) is 1. The zero-order valence-electron chi connectivity index (χ0n) is 21.1. The van der Waals surface area contributed by atoms with E-state index in [1.165, 1.54) is 29.9 Å². The predicted molar refractivity (Wildman–Crippen MR) is 147 cm³/mol. The van der Waals surface area contributed by atoms with E-state index < -0.39 is 28.0 Å². The van der Waals surface area contributed by atoms with E-state index in [9.17, 15) is 24.8 Å². The van der Waals surface area contributed by atoms with Crippen molar-refractivity contribution in [2.45, 2.75) is 26.8 Å². The number of phenolic OH excluding ortho intramolecular Hbond substituents is 1. The minimum atomic E-state index is -0.817. The van der Waals surface area contributed by atoms with Gasteiger partial charge in [0, 0.05) is 34.8 Å². The van der Waals surface area contributed by atoms with Crippen molar-refractivity contribution in [2.75, 3.05) is 20.2 Å². The Bertz CT molecular complexity index is 1650. The van der Waals surface area contributed by atoms with E-state index in [-0.39, 0.29) is 16.0 Å². The van der Waals surface area contributed by atoms with E-state index in [1.54, 1.807) is 36.1 Å². The number of methoxy groups -OCH3 is 1. The van der Waals surface area contributed by atoms with Crippen LogP contribution in [0.2, 0.25) is 0 Å². The number of aromatic hydroxyl groups is 1. The zero-order valence-corrected chi connectivity index (χ0v) is 23.5. The van der Waals surface area contributed by atoms with Gasteiger partial charge in [0.1, 0.15) is 11.8 Å². The number of hydrogen-bond acceptors (Lipinski definition) is 8. The van der Waals surface area contributed by atoms with E-state index >= 15 is 0 Å². The number of para-hydroxylation sites is 1. The first-order valence-corrected chi connectivity index (χ1v) is 13.3. The van der Waals surface area contributed by atoms with E-state index in [1.807, 2.05) is 13.8 Å². The molecule has 0 saturated carbocycles. The molecule has 0 spiro atoms. The second kappa shape index (κ2) is 10.9. The number of carbonyl (C=O) groups excluding carboxylic acids is 1. The van der Waals surface area contributed by atoms with Crippen molar-refractivity contribution in [2.24, 2.45) is 4.99 Å². The number of rotatable bonds is 7. The summed E-state index contributed by atoms with van der Waals surface area (Å²) in [6.45, 7) is 6.47. The lowest BCUT2D eigenvalue weighted by Gasteiger charge is -2.29. The molecule has 2 aromatic carbocycles. The number of thiazole rings is 1. The molecule has 0 fully saturated rings. The molecular formula is C26H25BrN4O6S. The van der Waals surface area contributed by atoms with Gasteiger partial charge >= 0.3 is 5.69 Å². The zero-order chi connectivity index (χ0) is 27.7. The number of benzene rings is 2. The second-order valence-corrected chi connectivity index (χ2v) is 10.3. The maximum absolute atomic E-state index is 13.9. The molecule has 0 radical (unpaired) electrons. The van der Waals surface area contributed by atoms with Crippen LogP contribution in [0.4, 0.5) is 5.69 Å². The van der Waals surface area contributed by atoms with Crippen molar-refractivity contribution in [3.63, 3.8) is 0 Å². The number of aromatic nitrogens is 1. The smallest absolute Gasteiger partial charge is 0.312 e. The van der Waals surface area contributed by atoms with E-state index in [2.05, 4.69) is 20.9 Å². The van der Waals surface area contributed by atoms with Crippen molar-refractivity contribution >= 4 is 44.9 Å². The maximum Gasteiger partial charge on any atom is 0.312 e. The number of nitrogens with zero attached hydrogens (tertiary/aromatic N) is 4. The highest BCUT2D eigenvalue weighted by Gasteiger charge is 2.35. The van der Waals surface area contributed by atoms with Gasteiger partial charge in [-0.1, -0.05) is 45.5 Å². The normalized spacial score (nSPS) is 15.2.